The van der Waals surface area contributed by atoms with E-state index in [1.54, 1.807) is 25.1 Å². The molecule has 0 aliphatic heterocycles. The van der Waals surface area contributed by atoms with Gasteiger partial charge in [-0.3, -0.25) is 4.79 Å². The van der Waals surface area contributed by atoms with E-state index in [0.29, 0.717) is 11.3 Å². The van der Waals surface area contributed by atoms with Crippen molar-refractivity contribution in [1.29, 1.82) is 0 Å². The van der Waals surface area contributed by atoms with Gasteiger partial charge in [0.05, 0.1) is 5.71 Å². The average Bonchev–Trinajstić information content (AvgIpc) is 2.47. The fraction of sp³-hybridized carbons (Fsp3) is 0.0667. The fourth-order valence-corrected chi connectivity index (χ4v) is 1.70. The van der Waals surface area contributed by atoms with Crippen LogP contribution in [0, 0.1) is 0 Å². The molecule has 0 heterocycles. The fourth-order valence-electron chi connectivity index (χ4n) is 1.70. The van der Waals surface area contributed by atoms with E-state index in [-0.39, 0.29) is 22.8 Å². The molecule has 0 aliphatic rings. The second kappa shape index (κ2) is 5.96. The molecule has 0 fully saturated rings. The van der Waals surface area contributed by atoms with Gasteiger partial charge in [-0.05, 0) is 37.3 Å². The van der Waals surface area contributed by atoms with Crippen LogP contribution < -0.4 is 5.43 Å². The summed E-state index contributed by atoms with van der Waals surface area (Å²) in [6.07, 6.45) is 0. The highest BCUT2D eigenvalue weighted by Crippen LogP contribution is 2.24. The molecule has 4 N–H and O–H groups in total. The van der Waals surface area contributed by atoms with Gasteiger partial charge >= 0.3 is 0 Å². The lowest BCUT2D eigenvalue weighted by atomic mass is 10.1. The van der Waals surface area contributed by atoms with Crippen LogP contribution in [0.2, 0.25) is 0 Å². The highest BCUT2D eigenvalue weighted by molar-refractivity contribution is 6.02. The molecule has 0 atom stereocenters. The van der Waals surface area contributed by atoms with Gasteiger partial charge < -0.3 is 15.3 Å². The molecule has 108 valence electrons. The highest BCUT2D eigenvalue weighted by atomic mass is 16.3. The van der Waals surface area contributed by atoms with Crippen LogP contribution >= 0.6 is 0 Å². The summed E-state index contributed by atoms with van der Waals surface area (Å²) >= 11 is 0. The number of hydrogen-bond donors (Lipinski definition) is 4. The Balaban J connectivity index is 2.14. The van der Waals surface area contributed by atoms with Crippen molar-refractivity contribution in [2.45, 2.75) is 6.92 Å². The van der Waals surface area contributed by atoms with Crippen molar-refractivity contribution < 1.29 is 20.1 Å². The van der Waals surface area contributed by atoms with Crippen LogP contribution in [-0.4, -0.2) is 26.9 Å². The quantitative estimate of drug-likeness (QED) is 0.393. The van der Waals surface area contributed by atoms with Crippen LogP contribution in [0.5, 0.6) is 17.2 Å². The van der Waals surface area contributed by atoms with Gasteiger partial charge in [0.2, 0.25) is 0 Å². The van der Waals surface area contributed by atoms with Gasteiger partial charge in [0, 0.05) is 11.1 Å². The number of hydrazone groups is 1. The summed E-state index contributed by atoms with van der Waals surface area (Å²) in [6.45, 7) is 1.64. The lowest BCUT2D eigenvalue weighted by molar-refractivity contribution is 0.0954. The molecule has 6 heteroatoms. The Morgan fingerprint density at radius 2 is 1.71 bits per heavy atom. The summed E-state index contributed by atoms with van der Waals surface area (Å²) in [5.74, 6) is -1.17. The van der Waals surface area contributed by atoms with Crippen LogP contribution in [0.4, 0.5) is 0 Å². The number of hydrogen-bond acceptors (Lipinski definition) is 5. The SMILES string of the molecule is CC(=NNC(=O)c1ccc(O)c(O)c1)c1ccccc1O. The number of carbonyl (C=O) groups excluding carboxylic acids is 1. The summed E-state index contributed by atoms with van der Waals surface area (Å²) in [6, 6.07) is 10.3. The number of phenols is 3. The number of nitrogens with one attached hydrogen (secondary N) is 1. The van der Waals surface area contributed by atoms with E-state index in [1.165, 1.54) is 18.2 Å². The number of nitrogens with zero attached hydrogens (tertiary/aromatic N) is 1. The molecule has 2 aromatic rings. The van der Waals surface area contributed by atoms with Crippen molar-refractivity contribution in [2.75, 3.05) is 0 Å². The molecule has 6 nitrogen and oxygen atoms in total. The summed E-state index contributed by atoms with van der Waals surface area (Å²) in [5.41, 5.74) is 3.41. The predicted molar refractivity (Wildman–Crippen MR) is 77.6 cm³/mol. The van der Waals surface area contributed by atoms with Crippen LogP contribution in [0.1, 0.15) is 22.8 Å². The van der Waals surface area contributed by atoms with E-state index >= 15 is 0 Å². The minimum Gasteiger partial charge on any atom is -0.507 e. The van der Waals surface area contributed by atoms with Gasteiger partial charge in [0.1, 0.15) is 5.75 Å². The Hall–Kier alpha value is -3.02. The first kappa shape index (κ1) is 14.4. The molecule has 0 saturated carbocycles. The lowest BCUT2D eigenvalue weighted by Crippen LogP contribution is -2.19. The van der Waals surface area contributed by atoms with Gasteiger partial charge in [0.15, 0.2) is 11.5 Å². The smallest absolute Gasteiger partial charge is 0.271 e. The third-order valence-electron chi connectivity index (χ3n) is 2.86. The van der Waals surface area contributed by atoms with E-state index < -0.39 is 5.91 Å². The molecule has 0 aromatic heterocycles. The molecule has 2 aromatic carbocycles. The molecule has 0 unspecified atom stereocenters. The first-order valence-corrected chi connectivity index (χ1v) is 6.14. The molecular formula is C15H14N2O4. The summed E-state index contributed by atoms with van der Waals surface area (Å²) in [7, 11) is 0. The number of amides is 1. The van der Waals surface area contributed by atoms with E-state index in [4.69, 9.17) is 0 Å². The molecule has 0 spiro atoms. The summed E-state index contributed by atoms with van der Waals surface area (Å²) in [4.78, 5) is 11.9. The molecule has 0 bridgehead atoms. The highest BCUT2D eigenvalue weighted by Gasteiger charge is 2.09. The first-order valence-electron chi connectivity index (χ1n) is 6.14. The monoisotopic (exact) mass is 286 g/mol. The molecule has 1 amide bonds. The van der Waals surface area contributed by atoms with Crippen molar-refractivity contribution in [3.8, 4) is 17.2 Å². The van der Waals surface area contributed by atoms with E-state index in [2.05, 4.69) is 10.5 Å². The standard InChI is InChI=1S/C15H14N2O4/c1-9(11-4-2-3-5-12(11)18)16-17-15(21)10-6-7-13(19)14(20)8-10/h2-8,18-20H,1H3,(H,17,21). The Bertz CT molecular complexity index is 711. The first-order chi connectivity index (χ1) is 9.99. The number of rotatable bonds is 3. The Morgan fingerprint density at radius 1 is 1.00 bits per heavy atom. The van der Waals surface area contributed by atoms with Gasteiger partial charge in [-0.2, -0.15) is 5.10 Å². The molecule has 2 rings (SSSR count). The third-order valence-corrected chi connectivity index (χ3v) is 2.86. The number of aromatic hydroxyl groups is 3. The lowest BCUT2D eigenvalue weighted by Gasteiger charge is -2.05. The third kappa shape index (κ3) is 3.30. The topological polar surface area (TPSA) is 102 Å². The maximum Gasteiger partial charge on any atom is 0.271 e. The zero-order chi connectivity index (χ0) is 15.4. The van der Waals surface area contributed by atoms with Crippen molar-refractivity contribution >= 4 is 11.6 Å². The van der Waals surface area contributed by atoms with Crippen LogP contribution in [0.3, 0.4) is 0 Å². The average molecular weight is 286 g/mol. The van der Waals surface area contributed by atoms with E-state index in [1.807, 2.05) is 0 Å². The predicted octanol–water partition coefficient (Wildman–Crippen LogP) is 1.96. The Kier molecular flexibility index (Phi) is 4.08. The maximum atomic E-state index is 11.9. The maximum absolute atomic E-state index is 11.9. The van der Waals surface area contributed by atoms with Crippen LogP contribution in [-0.2, 0) is 0 Å². The molecule has 21 heavy (non-hydrogen) atoms. The summed E-state index contributed by atoms with van der Waals surface area (Å²) < 4.78 is 0. The number of phenolic OH excluding ortho intramolecular Hbond substituents is 3. The van der Waals surface area contributed by atoms with Gasteiger partial charge in [-0.15, -0.1) is 0 Å². The van der Waals surface area contributed by atoms with Gasteiger partial charge in [-0.1, -0.05) is 12.1 Å². The van der Waals surface area contributed by atoms with Crippen LogP contribution in [0.25, 0.3) is 0 Å². The second-order valence-electron chi connectivity index (χ2n) is 4.36. The minimum atomic E-state index is -0.542. The van der Waals surface area contributed by atoms with Gasteiger partial charge in [0.25, 0.3) is 5.91 Å². The van der Waals surface area contributed by atoms with Crippen molar-refractivity contribution in [3.05, 3.63) is 53.6 Å². The van der Waals surface area contributed by atoms with Crippen molar-refractivity contribution in [1.82, 2.24) is 5.43 Å². The number of para-hydroxylation sites is 1. The minimum absolute atomic E-state index is 0.0651. The number of benzene rings is 2. The number of carbonyl (C=O) groups is 1. The Morgan fingerprint density at radius 3 is 2.38 bits per heavy atom. The molecule has 0 radical (unpaired) electrons. The molecule has 0 aliphatic carbocycles. The normalized spacial score (nSPS) is 11.2. The largest absolute Gasteiger partial charge is 0.507 e. The molecular weight excluding hydrogens is 272 g/mol. The summed E-state index contributed by atoms with van der Waals surface area (Å²) in [5, 5.41) is 32.1. The van der Waals surface area contributed by atoms with Crippen LogP contribution in [0.15, 0.2) is 47.6 Å². The zero-order valence-corrected chi connectivity index (χ0v) is 11.2. The molecule has 0 saturated heterocycles. The van der Waals surface area contributed by atoms with E-state index in [0.717, 1.165) is 6.07 Å². The van der Waals surface area contributed by atoms with Gasteiger partial charge in [-0.25, -0.2) is 5.43 Å². The van der Waals surface area contributed by atoms with Crippen molar-refractivity contribution in [3.63, 3.8) is 0 Å². The van der Waals surface area contributed by atoms with Crippen molar-refractivity contribution in [2.24, 2.45) is 5.10 Å². The zero-order valence-electron chi connectivity index (χ0n) is 11.2. The second-order valence-corrected chi connectivity index (χ2v) is 4.36. The van der Waals surface area contributed by atoms with E-state index in [9.17, 15) is 20.1 Å². The Labute approximate surface area is 121 Å².